The molecular formula is C19H12ClN3O2S. The number of nitrogens with zero attached hydrogens (tertiary/aromatic N) is 1. The highest BCUT2D eigenvalue weighted by molar-refractivity contribution is 7.14. The van der Waals surface area contributed by atoms with E-state index in [-0.39, 0.29) is 11.5 Å². The van der Waals surface area contributed by atoms with Crippen LogP contribution in [0.2, 0.25) is 5.02 Å². The van der Waals surface area contributed by atoms with Crippen molar-refractivity contribution in [3.8, 4) is 11.3 Å². The molecule has 0 aliphatic rings. The van der Waals surface area contributed by atoms with Crippen LogP contribution < -0.4 is 10.9 Å². The van der Waals surface area contributed by atoms with Crippen molar-refractivity contribution in [2.24, 2.45) is 0 Å². The molecule has 5 nitrogen and oxygen atoms in total. The van der Waals surface area contributed by atoms with E-state index < -0.39 is 0 Å². The van der Waals surface area contributed by atoms with Gasteiger partial charge in [-0.15, -0.1) is 11.3 Å². The van der Waals surface area contributed by atoms with Gasteiger partial charge < -0.3 is 4.98 Å². The molecule has 4 aromatic rings. The number of thiazole rings is 1. The van der Waals surface area contributed by atoms with Crippen LogP contribution in [0, 0.1) is 0 Å². The molecule has 0 saturated heterocycles. The number of carbonyl (C=O) groups excluding carboxylic acids is 1. The van der Waals surface area contributed by atoms with Gasteiger partial charge in [-0.2, -0.15) is 0 Å². The maximum Gasteiger partial charge on any atom is 0.258 e. The van der Waals surface area contributed by atoms with Gasteiger partial charge in [0.1, 0.15) is 0 Å². The Morgan fingerprint density at radius 2 is 1.88 bits per heavy atom. The first-order chi connectivity index (χ1) is 12.6. The van der Waals surface area contributed by atoms with Gasteiger partial charge >= 0.3 is 0 Å². The molecule has 0 aliphatic heterocycles. The van der Waals surface area contributed by atoms with Crippen molar-refractivity contribution in [2.75, 3.05) is 5.32 Å². The number of hydrogen-bond donors (Lipinski definition) is 2. The minimum Gasteiger partial charge on any atom is -0.322 e. The van der Waals surface area contributed by atoms with E-state index in [2.05, 4.69) is 15.3 Å². The normalized spacial score (nSPS) is 10.8. The van der Waals surface area contributed by atoms with Crippen LogP contribution in [0.4, 0.5) is 5.13 Å². The number of benzene rings is 2. The number of anilines is 1. The summed E-state index contributed by atoms with van der Waals surface area (Å²) in [6.07, 6.45) is 0. The lowest BCUT2D eigenvalue weighted by Gasteiger charge is -2.05. The minimum atomic E-state index is -0.371. The molecule has 0 fully saturated rings. The molecule has 128 valence electrons. The number of carbonyl (C=O) groups is 1. The predicted molar refractivity (Wildman–Crippen MR) is 105 cm³/mol. The molecule has 2 aromatic carbocycles. The Kier molecular flexibility index (Phi) is 4.28. The molecule has 2 heterocycles. The van der Waals surface area contributed by atoms with E-state index in [0.717, 1.165) is 11.3 Å². The van der Waals surface area contributed by atoms with Gasteiger partial charge in [0.25, 0.3) is 5.91 Å². The molecule has 0 bridgehead atoms. The molecule has 0 saturated carbocycles. The number of fused-ring (bicyclic) bond motifs is 1. The topological polar surface area (TPSA) is 74.8 Å². The number of nitrogens with one attached hydrogen (secondary N) is 2. The van der Waals surface area contributed by atoms with Gasteiger partial charge in [0.05, 0.1) is 11.3 Å². The minimum absolute atomic E-state index is 0.313. The zero-order valence-corrected chi connectivity index (χ0v) is 14.9. The molecule has 2 aromatic heterocycles. The summed E-state index contributed by atoms with van der Waals surface area (Å²) in [5.74, 6) is -0.371. The van der Waals surface area contributed by atoms with E-state index in [9.17, 15) is 9.59 Å². The van der Waals surface area contributed by atoms with Crippen molar-refractivity contribution in [3.63, 3.8) is 0 Å². The van der Waals surface area contributed by atoms with Crippen LogP contribution in [0.5, 0.6) is 0 Å². The number of halogens is 1. The smallest absolute Gasteiger partial charge is 0.258 e. The van der Waals surface area contributed by atoms with Crippen LogP contribution in [0.25, 0.3) is 22.2 Å². The van der Waals surface area contributed by atoms with Crippen molar-refractivity contribution < 1.29 is 4.79 Å². The van der Waals surface area contributed by atoms with Gasteiger partial charge in [-0.25, -0.2) is 4.98 Å². The molecule has 0 aliphatic carbocycles. The standard InChI is InChI=1S/C19H12ClN3O2S/c20-12-7-5-11(6-8-12)16-10-26-19(22-16)23-18(25)14-9-17(24)21-15-4-2-1-3-13(14)15/h1-10H,(H,21,24)(H,22,23,25). The molecular weight excluding hydrogens is 370 g/mol. The van der Waals surface area contributed by atoms with Crippen LogP contribution in [-0.4, -0.2) is 15.9 Å². The van der Waals surface area contributed by atoms with Crippen molar-refractivity contribution in [1.29, 1.82) is 0 Å². The van der Waals surface area contributed by atoms with E-state index in [0.29, 0.717) is 26.6 Å². The van der Waals surface area contributed by atoms with E-state index in [4.69, 9.17) is 11.6 Å². The summed E-state index contributed by atoms with van der Waals surface area (Å²) < 4.78 is 0. The van der Waals surface area contributed by atoms with Crippen molar-refractivity contribution >= 4 is 44.9 Å². The van der Waals surface area contributed by atoms with E-state index in [1.807, 2.05) is 23.6 Å². The fraction of sp³-hybridized carbons (Fsp3) is 0. The largest absolute Gasteiger partial charge is 0.322 e. The van der Waals surface area contributed by atoms with E-state index in [1.165, 1.54) is 17.4 Å². The average Bonchev–Trinajstić information content (AvgIpc) is 3.10. The molecule has 0 radical (unpaired) electrons. The predicted octanol–water partition coefficient (Wildman–Crippen LogP) is 4.56. The second-order valence-corrected chi connectivity index (χ2v) is 6.89. The molecule has 1 amide bonds. The maximum absolute atomic E-state index is 12.7. The summed E-state index contributed by atoms with van der Waals surface area (Å²) in [6.45, 7) is 0. The second kappa shape index (κ2) is 6.74. The van der Waals surface area contributed by atoms with Crippen LogP contribution >= 0.6 is 22.9 Å². The summed E-state index contributed by atoms with van der Waals surface area (Å²) >= 11 is 7.22. The summed E-state index contributed by atoms with van der Waals surface area (Å²) in [6, 6.07) is 15.8. The number of aromatic nitrogens is 2. The molecule has 0 spiro atoms. The number of H-pyrrole nitrogens is 1. The number of amides is 1. The maximum atomic E-state index is 12.7. The van der Waals surface area contributed by atoms with Crippen LogP contribution in [-0.2, 0) is 0 Å². The Labute approximate surface area is 157 Å². The highest BCUT2D eigenvalue weighted by atomic mass is 35.5. The van der Waals surface area contributed by atoms with Gasteiger partial charge in [-0.3, -0.25) is 14.9 Å². The zero-order chi connectivity index (χ0) is 18.1. The lowest BCUT2D eigenvalue weighted by atomic mass is 10.1. The van der Waals surface area contributed by atoms with E-state index >= 15 is 0 Å². The lowest BCUT2D eigenvalue weighted by molar-refractivity contribution is 0.102. The number of hydrogen-bond acceptors (Lipinski definition) is 4. The first-order valence-corrected chi connectivity index (χ1v) is 9.01. The van der Waals surface area contributed by atoms with E-state index in [1.54, 1.807) is 30.3 Å². The van der Waals surface area contributed by atoms with Crippen molar-refractivity contribution in [3.05, 3.63) is 80.9 Å². The first-order valence-electron chi connectivity index (χ1n) is 7.75. The number of aromatic amines is 1. The Morgan fingerprint density at radius 1 is 1.12 bits per heavy atom. The highest BCUT2D eigenvalue weighted by Gasteiger charge is 2.14. The molecule has 0 atom stereocenters. The van der Waals surface area contributed by atoms with Gasteiger partial charge in [-0.1, -0.05) is 41.9 Å². The number of pyridine rings is 1. The third kappa shape index (κ3) is 3.24. The van der Waals surface area contributed by atoms with Crippen molar-refractivity contribution in [2.45, 2.75) is 0 Å². The first kappa shape index (κ1) is 16.5. The monoisotopic (exact) mass is 381 g/mol. The zero-order valence-electron chi connectivity index (χ0n) is 13.3. The van der Waals surface area contributed by atoms with Gasteiger partial charge in [-0.05, 0) is 18.2 Å². The van der Waals surface area contributed by atoms with Gasteiger partial charge in [0.15, 0.2) is 5.13 Å². The summed E-state index contributed by atoms with van der Waals surface area (Å²) in [5, 5.41) is 6.42. The number of rotatable bonds is 3. The summed E-state index contributed by atoms with van der Waals surface area (Å²) in [7, 11) is 0. The molecule has 7 heteroatoms. The third-order valence-corrected chi connectivity index (χ3v) is 4.87. The molecule has 0 unspecified atom stereocenters. The Balaban J connectivity index is 1.63. The number of para-hydroxylation sites is 1. The summed E-state index contributed by atoms with van der Waals surface area (Å²) in [4.78, 5) is 31.6. The Bertz CT molecular complexity index is 1170. The molecule has 26 heavy (non-hydrogen) atoms. The highest BCUT2D eigenvalue weighted by Crippen LogP contribution is 2.26. The van der Waals surface area contributed by atoms with Crippen LogP contribution in [0.3, 0.4) is 0 Å². The quantitative estimate of drug-likeness (QED) is 0.546. The Morgan fingerprint density at radius 3 is 2.69 bits per heavy atom. The van der Waals surface area contributed by atoms with Crippen LogP contribution in [0.15, 0.2) is 64.8 Å². The lowest BCUT2D eigenvalue weighted by Crippen LogP contribution is -2.16. The third-order valence-electron chi connectivity index (χ3n) is 3.86. The van der Waals surface area contributed by atoms with Gasteiger partial charge in [0, 0.05) is 32.9 Å². The van der Waals surface area contributed by atoms with Gasteiger partial charge in [0.2, 0.25) is 5.56 Å². The van der Waals surface area contributed by atoms with Crippen molar-refractivity contribution in [1.82, 2.24) is 9.97 Å². The fourth-order valence-corrected chi connectivity index (χ4v) is 3.48. The van der Waals surface area contributed by atoms with Crippen LogP contribution in [0.1, 0.15) is 10.4 Å². The Hall–Kier alpha value is -2.96. The average molecular weight is 382 g/mol. The fourth-order valence-electron chi connectivity index (χ4n) is 2.64. The SMILES string of the molecule is O=C(Nc1nc(-c2ccc(Cl)cc2)cs1)c1cc(=O)[nH]c2ccccc12. The second-order valence-electron chi connectivity index (χ2n) is 5.59. The molecule has 4 rings (SSSR count). The molecule has 2 N–H and O–H groups in total. The summed E-state index contributed by atoms with van der Waals surface area (Å²) in [5.41, 5.74) is 2.26.